The summed E-state index contributed by atoms with van der Waals surface area (Å²) < 4.78 is 0. The van der Waals surface area contributed by atoms with Crippen molar-refractivity contribution in [2.75, 3.05) is 18.9 Å². The Kier molecular flexibility index (Phi) is 4.62. The summed E-state index contributed by atoms with van der Waals surface area (Å²) in [5.74, 6) is -0.00337. The Balaban J connectivity index is 1.97. The van der Waals surface area contributed by atoms with E-state index in [2.05, 4.69) is 29.4 Å². The molecule has 6 heteroatoms. The van der Waals surface area contributed by atoms with Crippen LogP contribution in [0.25, 0.3) is 0 Å². The number of amides is 1. The summed E-state index contributed by atoms with van der Waals surface area (Å²) in [6, 6.07) is 0.335. The van der Waals surface area contributed by atoms with Crippen LogP contribution in [0, 0.1) is 5.41 Å². The van der Waals surface area contributed by atoms with E-state index in [-0.39, 0.29) is 5.91 Å². The molecule has 1 saturated carbocycles. The van der Waals surface area contributed by atoms with Crippen LogP contribution in [0.2, 0.25) is 0 Å². The lowest BCUT2D eigenvalue weighted by atomic mass is 9.75. The van der Waals surface area contributed by atoms with Gasteiger partial charge in [0.25, 0.3) is 5.91 Å². The van der Waals surface area contributed by atoms with Crippen LogP contribution < -0.4 is 5.32 Å². The molecule has 0 bridgehead atoms. The van der Waals surface area contributed by atoms with Gasteiger partial charge >= 0.3 is 0 Å². The molecule has 0 saturated heterocycles. The normalized spacial score (nSPS) is 18.8. The van der Waals surface area contributed by atoms with E-state index in [4.69, 9.17) is 0 Å². The highest BCUT2D eigenvalue weighted by atomic mass is 32.1. The van der Waals surface area contributed by atoms with Crippen molar-refractivity contribution in [1.82, 2.24) is 15.1 Å². The number of nitrogens with zero attached hydrogens (tertiary/aromatic N) is 3. The lowest BCUT2D eigenvalue weighted by Gasteiger charge is -2.38. The molecule has 0 aliphatic heterocycles. The molecule has 0 aromatic carbocycles. The molecule has 1 N–H and O–H groups in total. The first-order valence-corrected chi connectivity index (χ1v) is 8.09. The summed E-state index contributed by atoms with van der Waals surface area (Å²) in [6.45, 7) is 7.39. The lowest BCUT2D eigenvalue weighted by Crippen LogP contribution is -2.40. The van der Waals surface area contributed by atoms with Gasteiger partial charge in [-0.05, 0) is 38.0 Å². The van der Waals surface area contributed by atoms with Gasteiger partial charge in [0.2, 0.25) is 10.1 Å². The monoisotopic (exact) mass is 296 g/mol. The predicted octanol–water partition coefficient (Wildman–Crippen LogP) is 3.01. The van der Waals surface area contributed by atoms with Gasteiger partial charge in [-0.25, -0.2) is 0 Å². The molecule has 1 amide bonds. The van der Waals surface area contributed by atoms with Gasteiger partial charge in [-0.15, -0.1) is 10.2 Å². The number of anilines is 1. The topological polar surface area (TPSA) is 58.1 Å². The zero-order valence-electron chi connectivity index (χ0n) is 12.8. The van der Waals surface area contributed by atoms with Crippen molar-refractivity contribution in [1.29, 1.82) is 0 Å². The van der Waals surface area contributed by atoms with E-state index in [1.54, 1.807) is 0 Å². The van der Waals surface area contributed by atoms with Crippen molar-refractivity contribution < 1.29 is 4.79 Å². The summed E-state index contributed by atoms with van der Waals surface area (Å²) in [5, 5.41) is 12.3. The Labute approximate surface area is 124 Å². The third-order valence-corrected chi connectivity index (χ3v) is 4.98. The minimum absolute atomic E-state index is 0.00337. The van der Waals surface area contributed by atoms with Crippen LogP contribution >= 0.6 is 11.3 Å². The largest absolute Gasteiger partial charge is 0.360 e. The van der Waals surface area contributed by atoms with Crippen LogP contribution in [0.1, 0.15) is 56.3 Å². The van der Waals surface area contributed by atoms with Crippen molar-refractivity contribution in [2.45, 2.75) is 52.5 Å². The maximum absolute atomic E-state index is 12.4. The molecule has 1 heterocycles. The van der Waals surface area contributed by atoms with Crippen molar-refractivity contribution in [3.63, 3.8) is 0 Å². The lowest BCUT2D eigenvalue weighted by molar-refractivity contribution is 0.0634. The maximum Gasteiger partial charge on any atom is 0.284 e. The van der Waals surface area contributed by atoms with Crippen LogP contribution in [0.15, 0.2) is 0 Å². The Morgan fingerprint density at radius 2 is 2.05 bits per heavy atom. The fourth-order valence-electron chi connectivity index (χ4n) is 2.62. The quantitative estimate of drug-likeness (QED) is 0.928. The van der Waals surface area contributed by atoms with E-state index in [0.29, 0.717) is 21.6 Å². The van der Waals surface area contributed by atoms with Gasteiger partial charge < -0.3 is 10.2 Å². The van der Waals surface area contributed by atoms with Crippen molar-refractivity contribution in [3.8, 4) is 0 Å². The molecule has 1 aromatic heterocycles. The van der Waals surface area contributed by atoms with Crippen molar-refractivity contribution in [2.24, 2.45) is 5.41 Å². The van der Waals surface area contributed by atoms with E-state index in [1.165, 1.54) is 24.2 Å². The molecule has 1 aromatic rings. The molecule has 1 aliphatic carbocycles. The van der Waals surface area contributed by atoms with E-state index >= 15 is 0 Å². The van der Waals surface area contributed by atoms with E-state index in [1.807, 2.05) is 18.9 Å². The van der Waals surface area contributed by atoms with Crippen LogP contribution in [0.5, 0.6) is 0 Å². The molecule has 1 aliphatic rings. The average Bonchev–Trinajstić information content (AvgIpc) is 2.86. The summed E-state index contributed by atoms with van der Waals surface area (Å²) in [7, 11) is 1.89. The Morgan fingerprint density at radius 3 is 2.65 bits per heavy atom. The van der Waals surface area contributed by atoms with E-state index < -0.39 is 0 Å². The number of carbonyl (C=O) groups excluding carboxylic acids is 1. The van der Waals surface area contributed by atoms with Gasteiger partial charge in [-0.1, -0.05) is 25.2 Å². The minimum Gasteiger partial charge on any atom is -0.360 e. The number of rotatable bonds is 4. The molecular weight excluding hydrogens is 272 g/mol. The number of hydrogen-bond acceptors (Lipinski definition) is 5. The highest BCUT2D eigenvalue weighted by Crippen LogP contribution is 2.37. The first-order valence-electron chi connectivity index (χ1n) is 7.27. The minimum atomic E-state index is -0.00337. The van der Waals surface area contributed by atoms with Gasteiger partial charge in [0.15, 0.2) is 0 Å². The van der Waals surface area contributed by atoms with E-state index in [9.17, 15) is 4.79 Å². The molecule has 0 atom stereocenters. The molecule has 20 heavy (non-hydrogen) atoms. The fraction of sp³-hybridized carbons (Fsp3) is 0.786. The Morgan fingerprint density at radius 1 is 1.40 bits per heavy atom. The van der Waals surface area contributed by atoms with E-state index in [0.717, 1.165) is 19.4 Å². The fourth-order valence-corrected chi connectivity index (χ4v) is 3.41. The summed E-state index contributed by atoms with van der Waals surface area (Å²) in [4.78, 5) is 14.3. The van der Waals surface area contributed by atoms with Gasteiger partial charge in [0.05, 0.1) is 0 Å². The van der Waals surface area contributed by atoms with Crippen LogP contribution in [-0.4, -0.2) is 40.6 Å². The Bertz CT molecular complexity index is 461. The zero-order chi connectivity index (χ0) is 14.8. The van der Waals surface area contributed by atoms with Crippen LogP contribution in [-0.2, 0) is 0 Å². The second kappa shape index (κ2) is 6.08. The number of aromatic nitrogens is 2. The number of hydrogen-bond donors (Lipinski definition) is 1. The SMILES string of the molecule is CCNc1nnc(C(=O)N(C)C2CCC(C)(C)CC2)s1. The number of carbonyl (C=O) groups is 1. The van der Waals surface area contributed by atoms with Crippen molar-refractivity contribution >= 4 is 22.4 Å². The van der Waals surface area contributed by atoms with Crippen molar-refractivity contribution in [3.05, 3.63) is 5.01 Å². The molecule has 0 radical (unpaired) electrons. The van der Waals surface area contributed by atoms with Crippen LogP contribution in [0.3, 0.4) is 0 Å². The second-order valence-corrected chi connectivity index (χ2v) is 7.23. The molecular formula is C14H24N4OS. The summed E-state index contributed by atoms with van der Waals surface area (Å²) in [6.07, 6.45) is 4.50. The van der Waals surface area contributed by atoms with Gasteiger partial charge in [0.1, 0.15) is 0 Å². The average molecular weight is 296 g/mol. The third-order valence-electron chi connectivity index (χ3n) is 4.11. The van der Waals surface area contributed by atoms with Gasteiger partial charge in [0, 0.05) is 19.6 Å². The molecule has 5 nitrogen and oxygen atoms in total. The molecule has 0 spiro atoms. The second-order valence-electron chi connectivity index (χ2n) is 6.25. The predicted molar refractivity (Wildman–Crippen MR) is 82.2 cm³/mol. The number of nitrogens with one attached hydrogen (secondary N) is 1. The first-order chi connectivity index (χ1) is 9.43. The summed E-state index contributed by atoms with van der Waals surface area (Å²) in [5.41, 5.74) is 0.418. The zero-order valence-corrected chi connectivity index (χ0v) is 13.6. The smallest absolute Gasteiger partial charge is 0.284 e. The first kappa shape index (κ1) is 15.2. The highest BCUT2D eigenvalue weighted by molar-refractivity contribution is 7.17. The standard InChI is InChI=1S/C14H24N4OS/c1-5-15-13-17-16-11(20-13)12(19)18(4)10-6-8-14(2,3)9-7-10/h10H,5-9H2,1-4H3,(H,15,17). The highest BCUT2D eigenvalue weighted by Gasteiger charge is 2.31. The van der Waals surface area contributed by atoms with Crippen LogP contribution in [0.4, 0.5) is 5.13 Å². The Hall–Kier alpha value is -1.17. The third kappa shape index (κ3) is 3.48. The summed E-state index contributed by atoms with van der Waals surface area (Å²) >= 11 is 1.33. The maximum atomic E-state index is 12.4. The molecule has 1 fully saturated rings. The molecule has 0 unspecified atom stereocenters. The molecule has 2 rings (SSSR count). The van der Waals surface area contributed by atoms with Gasteiger partial charge in [-0.3, -0.25) is 4.79 Å². The van der Waals surface area contributed by atoms with Gasteiger partial charge in [-0.2, -0.15) is 0 Å². The molecule has 112 valence electrons.